The van der Waals surface area contributed by atoms with Crippen molar-refractivity contribution in [1.82, 2.24) is 4.90 Å². The summed E-state index contributed by atoms with van der Waals surface area (Å²) < 4.78 is 0. The van der Waals surface area contributed by atoms with Gasteiger partial charge in [0.05, 0.1) is 11.6 Å². The minimum Gasteiger partial charge on any atom is -0.507 e. The van der Waals surface area contributed by atoms with Crippen LogP contribution < -0.4 is 0 Å². The highest BCUT2D eigenvalue weighted by Crippen LogP contribution is 2.39. The number of nitrogens with zero attached hydrogens (tertiary/aromatic N) is 1. The molecular weight excluding hydrogens is 314 g/mol. The second kappa shape index (κ2) is 6.77. The maximum absolute atomic E-state index is 12.6. The minimum absolute atomic E-state index is 0.113. The van der Waals surface area contributed by atoms with Crippen LogP contribution in [-0.4, -0.2) is 28.2 Å². The molecule has 1 N–H and O–H groups in total. The van der Waals surface area contributed by atoms with E-state index in [9.17, 15) is 14.7 Å². The second-order valence-corrected chi connectivity index (χ2v) is 6.02. The number of Topliss-reactive ketones (excluding diaryl/α,β-unsaturated/α-hetero) is 1. The van der Waals surface area contributed by atoms with Crippen LogP contribution in [0.2, 0.25) is 0 Å². The van der Waals surface area contributed by atoms with Gasteiger partial charge in [-0.25, -0.2) is 0 Å². The van der Waals surface area contributed by atoms with Crippen molar-refractivity contribution in [3.8, 4) is 0 Å². The van der Waals surface area contributed by atoms with Crippen molar-refractivity contribution >= 4 is 17.4 Å². The largest absolute Gasteiger partial charge is 0.507 e. The molecule has 0 bridgehead atoms. The van der Waals surface area contributed by atoms with Gasteiger partial charge in [-0.15, -0.1) is 6.58 Å². The first-order valence-corrected chi connectivity index (χ1v) is 8.06. The van der Waals surface area contributed by atoms with E-state index in [0.717, 1.165) is 11.1 Å². The Morgan fingerprint density at radius 3 is 2.36 bits per heavy atom. The first-order valence-electron chi connectivity index (χ1n) is 8.06. The summed E-state index contributed by atoms with van der Waals surface area (Å²) in [5.41, 5.74) is 2.48. The smallest absolute Gasteiger partial charge is 0.295 e. The number of rotatable bonds is 4. The van der Waals surface area contributed by atoms with E-state index in [2.05, 4.69) is 6.58 Å². The zero-order chi connectivity index (χ0) is 18.0. The number of carbonyl (C=O) groups excluding carboxylic acids is 2. The van der Waals surface area contributed by atoms with Crippen molar-refractivity contribution in [2.24, 2.45) is 0 Å². The van der Waals surface area contributed by atoms with Crippen LogP contribution >= 0.6 is 0 Å². The molecule has 0 radical (unpaired) electrons. The predicted octanol–water partition coefficient (Wildman–Crippen LogP) is 3.60. The fourth-order valence-electron chi connectivity index (χ4n) is 3.05. The van der Waals surface area contributed by atoms with E-state index in [0.29, 0.717) is 5.56 Å². The number of hydrogen-bond donors (Lipinski definition) is 1. The van der Waals surface area contributed by atoms with Crippen molar-refractivity contribution in [3.05, 3.63) is 89.5 Å². The molecule has 3 rings (SSSR count). The molecular formula is C21H19NO3. The summed E-state index contributed by atoms with van der Waals surface area (Å²) in [7, 11) is 0. The Morgan fingerprint density at radius 2 is 1.76 bits per heavy atom. The molecule has 126 valence electrons. The number of hydrogen-bond acceptors (Lipinski definition) is 3. The van der Waals surface area contributed by atoms with Gasteiger partial charge in [-0.3, -0.25) is 9.59 Å². The Labute approximate surface area is 146 Å². The summed E-state index contributed by atoms with van der Waals surface area (Å²) >= 11 is 0. The monoisotopic (exact) mass is 333 g/mol. The zero-order valence-corrected chi connectivity index (χ0v) is 14.0. The Morgan fingerprint density at radius 1 is 1.12 bits per heavy atom. The van der Waals surface area contributed by atoms with Crippen LogP contribution in [0.3, 0.4) is 0 Å². The van der Waals surface area contributed by atoms with Gasteiger partial charge in [-0.2, -0.15) is 0 Å². The van der Waals surface area contributed by atoms with Gasteiger partial charge in [0.25, 0.3) is 11.7 Å². The lowest BCUT2D eigenvalue weighted by Crippen LogP contribution is -2.29. The molecule has 2 aromatic carbocycles. The summed E-state index contributed by atoms with van der Waals surface area (Å²) in [5, 5.41) is 10.7. The maximum atomic E-state index is 12.6. The van der Waals surface area contributed by atoms with Gasteiger partial charge < -0.3 is 10.0 Å². The molecule has 25 heavy (non-hydrogen) atoms. The van der Waals surface area contributed by atoms with Crippen LogP contribution in [0.5, 0.6) is 0 Å². The van der Waals surface area contributed by atoms with Crippen LogP contribution in [0.1, 0.15) is 22.7 Å². The molecule has 1 amide bonds. The zero-order valence-electron chi connectivity index (χ0n) is 14.0. The molecule has 1 atom stereocenters. The summed E-state index contributed by atoms with van der Waals surface area (Å²) in [4.78, 5) is 26.5. The number of aliphatic hydroxyl groups is 1. The quantitative estimate of drug-likeness (QED) is 0.402. The molecule has 1 aliphatic rings. The fourth-order valence-corrected chi connectivity index (χ4v) is 3.05. The molecule has 1 fully saturated rings. The number of ketones is 1. The van der Waals surface area contributed by atoms with E-state index in [4.69, 9.17) is 0 Å². The van der Waals surface area contributed by atoms with Crippen molar-refractivity contribution in [2.75, 3.05) is 6.54 Å². The number of carbonyl (C=O) groups is 2. The van der Waals surface area contributed by atoms with Gasteiger partial charge in [-0.05, 0) is 12.5 Å². The number of aliphatic hydroxyl groups excluding tert-OH is 1. The molecule has 0 spiro atoms. The highest BCUT2D eigenvalue weighted by atomic mass is 16.3. The average molecular weight is 333 g/mol. The third kappa shape index (κ3) is 2.98. The Bertz CT molecular complexity index is 850. The molecule has 0 aliphatic carbocycles. The summed E-state index contributed by atoms with van der Waals surface area (Å²) in [6.45, 7) is 5.87. The van der Waals surface area contributed by atoms with Gasteiger partial charge >= 0.3 is 0 Å². The lowest BCUT2D eigenvalue weighted by Gasteiger charge is -2.24. The van der Waals surface area contributed by atoms with Crippen LogP contribution in [0.4, 0.5) is 0 Å². The van der Waals surface area contributed by atoms with E-state index in [1.54, 1.807) is 30.3 Å². The molecule has 0 unspecified atom stereocenters. The molecule has 0 aromatic heterocycles. The lowest BCUT2D eigenvalue weighted by atomic mass is 9.95. The van der Waals surface area contributed by atoms with Crippen molar-refractivity contribution in [1.29, 1.82) is 0 Å². The van der Waals surface area contributed by atoms with Gasteiger partial charge in [0.15, 0.2) is 0 Å². The second-order valence-electron chi connectivity index (χ2n) is 6.02. The fraction of sp³-hybridized carbons (Fsp3) is 0.143. The number of aryl methyl sites for hydroxylation is 1. The topological polar surface area (TPSA) is 57.6 Å². The Hall–Kier alpha value is -3.14. The van der Waals surface area contributed by atoms with Crippen LogP contribution in [0.25, 0.3) is 5.76 Å². The van der Waals surface area contributed by atoms with Crippen LogP contribution in [0, 0.1) is 6.92 Å². The van der Waals surface area contributed by atoms with E-state index < -0.39 is 17.7 Å². The first-order chi connectivity index (χ1) is 12.0. The average Bonchev–Trinajstić information content (AvgIpc) is 2.88. The standard InChI is InChI=1S/C21H19NO3/c1-3-13-22-18(15-11-9-14(2)10-12-15)17(20(24)21(22)25)19(23)16-7-5-4-6-8-16/h3-12,18,23H,1,13H2,2H3/t18-/m1/s1. The van der Waals surface area contributed by atoms with Gasteiger partial charge in [0, 0.05) is 12.1 Å². The number of benzene rings is 2. The van der Waals surface area contributed by atoms with Gasteiger partial charge in [0.1, 0.15) is 5.76 Å². The summed E-state index contributed by atoms with van der Waals surface area (Å²) in [6.07, 6.45) is 1.58. The van der Waals surface area contributed by atoms with Crippen LogP contribution in [0.15, 0.2) is 72.8 Å². The third-order valence-corrected chi connectivity index (χ3v) is 4.31. The van der Waals surface area contributed by atoms with E-state index in [1.165, 1.54) is 4.90 Å². The predicted molar refractivity (Wildman–Crippen MR) is 96.8 cm³/mol. The Kier molecular flexibility index (Phi) is 4.52. The SMILES string of the molecule is C=CCN1C(=O)C(=O)C(=C(O)c2ccccc2)[C@H]1c1ccc(C)cc1. The molecule has 1 aliphatic heterocycles. The molecule has 4 heteroatoms. The van der Waals surface area contributed by atoms with Crippen molar-refractivity contribution in [3.63, 3.8) is 0 Å². The third-order valence-electron chi connectivity index (χ3n) is 4.31. The summed E-state index contributed by atoms with van der Waals surface area (Å²) in [5.74, 6) is -1.45. The normalized spacial score (nSPS) is 19.2. The molecule has 2 aromatic rings. The molecule has 4 nitrogen and oxygen atoms in total. The molecule has 1 saturated heterocycles. The van der Waals surface area contributed by atoms with Crippen molar-refractivity contribution in [2.45, 2.75) is 13.0 Å². The minimum atomic E-state index is -0.672. The number of amides is 1. The Balaban J connectivity index is 2.19. The molecule has 0 saturated carbocycles. The first kappa shape index (κ1) is 16.7. The summed E-state index contributed by atoms with van der Waals surface area (Å²) in [6, 6.07) is 15.8. The van der Waals surface area contributed by atoms with E-state index in [1.807, 2.05) is 37.3 Å². The van der Waals surface area contributed by atoms with Crippen molar-refractivity contribution < 1.29 is 14.7 Å². The highest BCUT2D eigenvalue weighted by molar-refractivity contribution is 6.46. The van der Waals surface area contributed by atoms with Crippen LogP contribution in [-0.2, 0) is 9.59 Å². The molecule has 1 heterocycles. The highest BCUT2D eigenvalue weighted by Gasteiger charge is 2.45. The van der Waals surface area contributed by atoms with Gasteiger partial charge in [0.2, 0.25) is 0 Å². The van der Waals surface area contributed by atoms with Gasteiger partial charge in [-0.1, -0.05) is 66.2 Å². The maximum Gasteiger partial charge on any atom is 0.295 e. The number of likely N-dealkylation sites (tertiary alicyclic amines) is 1. The van der Waals surface area contributed by atoms with E-state index in [-0.39, 0.29) is 17.9 Å². The van der Waals surface area contributed by atoms with E-state index >= 15 is 0 Å². The lowest BCUT2D eigenvalue weighted by molar-refractivity contribution is -0.139.